The first kappa shape index (κ1) is 11.9. The molecule has 2 N–H and O–H groups in total. The Balaban J connectivity index is 2.69. The molecule has 0 aromatic rings. The minimum atomic E-state index is -2.42. The first-order chi connectivity index (χ1) is 6.26. The fourth-order valence-electron chi connectivity index (χ4n) is 2.41. The molecule has 14 heavy (non-hydrogen) atoms. The fourth-order valence-corrected chi connectivity index (χ4v) is 2.41. The minimum absolute atomic E-state index is 0.0359. The quantitative estimate of drug-likeness (QED) is 0.736. The Morgan fingerprint density at radius 1 is 1.43 bits per heavy atom. The van der Waals surface area contributed by atoms with Crippen LogP contribution in [0.25, 0.3) is 0 Å². The molecule has 3 heteroatoms. The van der Waals surface area contributed by atoms with Crippen LogP contribution in [0, 0.1) is 11.3 Å². The van der Waals surface area contributed by atoms with Gasteiger partial charge in [-0.05, 0) is 37.5 Å². The zero-order chi connectivity index (χ0) is 11.0. The summed E-state index contributed by atoms with van der Waals surface area (Å²) in [6, 6.07) is 0. The van der Waals surface area contributed by atoms with Crippen LogP contribution in [-0.4, -0.2) is 12.0 Å². The van der Waals surface area contributed by atoms with E-state index in [0.717, 1.165) is 25.7 Å². The van der Waals surface area contributed by atoms with E-state index >= 15 is 0 Å². The SMILES string of the molecule is CC1(C)CCCC(C(C)(N)C(F)F)C1. The van der Waals surface area contributed by atoms with Crippen molar-refractivity contribution in [2.45, 2.75) is 58.4 Å². The highest BCUT2D eigenvalue weighted by atomic mass is 19.3. The molecule has 0 heterocycles. The Morgan fingerprint density at radius 2 is 2.00 bits per heavy atom. The Kier molecular flexibility index (Phi) is 3.20. The van der Waals surface area contributed by atoms with Gasteiger partial charge < -0.3 is 5.73 Å². The number of rotatable bonds is 2. The summed E-state index contributed by atoms with van der Waals surface area (Å²) in [7, 11) is 0. The molecule has 1 rings (SSSR count). The Morgan fingerprint density at radius 3 is 2.43 bits per heavy atom. The van der Waals surface area contributed by atoms with Crippen LogP contribution >= 0.6 is 0 Å². The van der Waals surface area contributed by atoms with Gasteiger partial charge >= 0.3 is 0 Å². The van der Waals surface area contributed by atoms with Crippen LogP contribution < -0.4 is 5.73 Å². The third kappa shape index (κ3) is 2.44. The maximum Gasteiger partial charge on any atom is 0.256 e. The van der Waals surface area contributed by atoms with E-state index in [1.54, 1.807) is 0 Å². The third-order valence-corrected chi connectivity index (χ3v) is 3.55. The van der Waals surface area contributed by atoms with Gasteiger partial charge in [0.15, 0.2) is 0 Å². The molecule has 1 fully saturated rings. The summed E-state index contributed by atoms with van der Waals surface area (Å²) >= 11 is 0. The highest BCUT2D eigenvalue weighted by molar-refractivity contribution is 4.94. The van der Waals surface area contributed by atoms with E-state index in [1.807, 2.05) is 0 Å². The molecule has 0 aromatic carbocycles. The van der Waals surface area contributed by atoms with E-state index in [0.29, 0.717) is 0 Å². The molecule has 84 valence electrons. The highest BCUT2D eigenvalue weighted by Gasteiger charge is 2.42. The van der Waals surface area contributed by atoms with Gasteiger partial charge in [-0.3, -0.25) is 0 Å². The van der Waals surface area contributed by atoms with Crippen molar-refractivity contribution >= 4 is 0 Å². The Bertz CT molecular complexity index is 199. The van der Waals surface area contributed by atoms with Crippen molar-refractivity contribution in [3.05, 3.63) is 0 Å². The van der Waals surface area contributed by atoms with Crippen molar-refractivity contribution < 1.29 is 8.78 Å². The number of hydrogen-bond donors (Lipinski definition) is 1. The molecule has 1 aliphatic rings. The molecule has 0 aromatic heterocycles. The summed E-state index contributed by atoms with van der Waals surface area (Å²) in [6.07, 6.45) is 1.41. The van der Waals surface area contributed by atoms with Crippen LogP contribution in [0.4, 0.5) is 8.78 Å². The number of halogens is 2. The lowest BCUT2D eigenvalue weighted by Gasteiger charge is -2.42. The predicted molar refractivity (Wildman–Crippen MR) is 54.3 cm³/mol. The molecule has 0 radical (unpaired) electrons. The summed E-state index contributed by atoms with van der Waals surface area (Å²) in [5.74, 6) is -0.0359. The summed E-state index contributed by atoms with van der Waals surface area (Å²) in [6.45, 7) is 5.77. The largest absolute Gasteiger partial charge is 0.320 e. The van der Waals surface area contributed by atoms with Gasteiger partial charge in [-0.25, -0.2) is 8.78 Å². The number of nitrogens with two attached hydrogens (primary N) is 1. The van der Waals surface area contributed by atoms with E-state index in [9.17, 15) is 8.78 Å². The predicted octanol–water partition coefficient (Wildman–Crippen LogP) is 3.19. The van der Waals surface area contributed by atoms with Crippen LogP contribution in [0.1, 0.15) is 46.5 Å². The van der Waals surface area contributed by atoms with Gasteiger partial charge in [-0.15, -0.1) is 0 Å². The molecular formula is C11H21F2N. The topological polar surface area (TPSA) is 26.0 Å². The summed E-state index contributed by atoms with van der Waals surface area (Å²) in [5.41, 5.74) is 4.58. The number of hydrogen-bond acceptors (Lipinski definition) is 1. The monoisotopic (exact) mass is 205 g/mol. The smallest absolute Gasteiger partial charge is 0.256 e. The van der Waals surface area contributed by atoms with Gasteiger partial charge in [-0.2, -0.15) is 0 Å². The van der Waals surface area contributed by atoms with Gasteiger partial charge in [-0.1, -0.05) is 20.3 Å². The van der Waals surface area contributed by atoms with Crippen LogP contribution in [0.2, 0.25) is 0 Å². The molecule has 0 bridgehead atoms. The first-order valence-corrected chi connectivity index (χ1v) is 5.33. The molecule has 2 unspecified atom stereocenters. The average molecular weight is 205 g/mol. The van der Waals surface area contributed by atoms with Crippen molar-refractivity contribution in [1.82, 2.24) is 0 Å². The standard InChI is InChI=1S/C11H21F2N/c1-10(2)6-4-5-8(7-10)11(3,14)9(12)13/h8-9H,4-7,14H2,1-3H3. The van der Waals surface area contributed by atoms with Crippen LogP contribution in [0.15, 0.2) is 0 Å². The van der Waals surface area contributed by atoms with Crippen molar-refractivity contribution in [3.63, 3.8) is 0 Å². The van der Waals surface area contributed by atoms with E-state index in [2.05, 4.69) is 13.8 Å². The normalized spacial score (nSPS) is 31.5. The maximum absolute atomic E-state index is 12.7. The van der Waals surface area contributed by atoms with Gasteiger partial charge in [0.25, 0.3) is 6.43 Å². The molecule has 0 aliphatic heterocycles. The highest BCUT2D eigenvalue weighted by Crippen LogP contribution is 2.43. The Hall–Kier alpha value is -0.180. The average Bonchev–Trinajstić information content (AvgIpc) is 2.02. The van der Waals surface area contributed by atoms with Gasteiger partial charge in [0.1, 0.15) is 0 Å². The Labute approximate surface area is 85.1 Å². The zero-order valence-electron chi connectivity index (χ0n) is 9.32. The van der Waals surface area contributed by atoms with E-state index in [4.69, 9.17) is 5.73 Å². The minimum Gasteiger partial charge on any atom is -0.320 e. The van der Waals surface area contributed by atoms with E-state index in [1.165, 1.54) is 6.92 Å². The van der Waals surface area contributed by atoms with Crippen molar-refractivity contribution in [1.29, 1.82) is 0 Å². The molecule has 0 spiro atoms. The van der Waals surface area contributed by atoms with E-state index in [-0.39, 0.29) is 11.3 Å². The van der Waals surface area contributed by atoms with Crippen molar-refractivity contribution in [2.75, 3.05) is 0 Å². The second kappa shape index (κ2) is 3.76. The lowest BCUT2D eigenvalue weighted by molar-refractivity contribution is -0.00117. The van der Waals surface area contributed by atoms with Gasteiger partial charge in [0.2, 0.25) is 0 Å². The lowest BCUT2D eigenvalue weighted by Crippen LogP contribution is -2.52. The second-order valence-electron chi connectivity index (χ2n) is 5.62. The molecule has 0 saturated heterocycles. The molecule has 0 amide bonds. The van der Waals surface area contributed by atoms with Gasteiger partial charge in [0.05, 0.1) is 5.54 Å². The first-order valence-electron chi connectivity index (χ1n) is 5.33. The summed E-state index contributed by atoms with van der Waals surface area (Å²) in [4.78, 5) is 0. The van der Waals surface area contributed by atoms with Crippen molar-refractivity contribution in [3.8, 4) is 0 Å². The second-order valence-corrected chi connectivity index (χ2v) is 5.62. The van der Waals surface area contributed by atoms with Crippen LogP contribution in [-0.2, 0) is 0 Å². The third-order valence-electron chi connectivity index (χ3n) is 3.55. The molecule has 1 nitrogen and oxygen atoms in total. The summed E-state index contributed by atoms with van der Waals surface area (Å²) < 4.78 is 25.4. The summed E-state index contributed by atoms with van der Waals surface area (Å²) in [5, 5.41) is 0. The van der Waals surface area contributed by atoms with Gasteiger partial charge in [0, 0.05) is 0 Å². The molecule has 1 aliphatic carbocycles. The molecule has 1 saturated carbocycles. The fraction of sp³-hybridized carbons (Fsp3) is 1.00. The van der Waals surface area contributed by atoms with E-state index < -0.39 is 12.0 Å². The zero-order valence-corrected chi connectivity index (χ0v) is 9.32. The molecular weight excluding hydrogens is 184 g/mol. The van der Waals surface area contributed by atoms with Crippen molar-refractivity contribution in [2.24, 2.45) is 17.1 Å². The number of alkyl halides is 2. The lowest BCUT2D eigenvalue weighted by atomic mass is 9.66. The van der Waals surface area contributed by atoms with Crippen LogP contribution in [0.3, 0.4) is 0 Å². The molecule has 2 atom stereocenters. The van der Waals surface area contributed by atoms with Crippen LogP contribution in [0.5, 0.6) is 0 Å². The maximum atomic E-state index is 12.7.